The molecule has 0 saturated carbocycles. The summed E-state index contributed by atoms with van der Waals surface area (Å²) in [6.07, 6.45) is 0. The molecule has 3 aromatic carbocycles. The average Bonchev–Trinajstić information content (AvgIpc) is 3.18. The topological polar surface area (TPSA) is 51.0 Å². The van der Waals surface area contributed by atoms with Crippen LogP contribution in [-0.2, 0) is 0 Å². The summed E-state index contributed by atoms with van der Waals surface area (Å²) in [5.74, 6) is -0.434. The maximum Gasteiger partial charge on any atom is 0.247 e. The number of anilines is 1. The molecule has 7 heteroatoms. The molecular formula is C21H14ClF2N3O. The second kappa shape index (κ2) is 7.78. The van der Waals surface area contributed by atoms with Gasteiger partial charge in [-0.3, -0.25) is 0 Å². The minimum absolute atomic E-state index is 0.170. The van der Waals surface area contributed by atoms with Gasteiger partial charge in [0.1, 0.15) is 17.7 Å². The van der Waals surface area contributed by atoms with Crippen molar-refractivity contribution >= 4 is 17.3 Å². The van der Waals surface area contributed by atoms with Crippen LogP contribution in [0.5, 0.6) is 0 Å². The Hall–Kier alpha value is -3.25. The zero-order valence-electron chi connectivity index (χ0n) is 14.4. The van der Waals surface area contributed by atoms with Crippen molar-refractivity contribution in [3.05, 3.63) is 101 Å². The van der Waals surface area contributed by atoms with Crippen LogP contribution >= 0.6 is 11.6 Å². The minimum atomic E-state index is -0.621. The van der Waals surface area contributed by atoms with Crippen molar-refractivity contribution in [2.45, 2.75) is 6.04 Å². The predicted octanol–water partition coefficient (Wildman–Crippen LogP) is 5.87. The largest absolute Gasteiger partial charge is 0.418 e. The summed E-state index contributed by atoms with van der Waals surface area (Å²) in [4.78, 5) is 0. The average molecular weight is 398 g/mol. The lowest BCUT2D eigenvalue weighted by molar-refractivity contribution is 0.492. The van der Waals surface area contributed by atoms with Crippen LogP contribution in [0, 0.1) is 11.6 Å². The van der Waals surface area contributed by atoms with Crippen molar-refractivity contribution in [2.24, 2.45) is 0 Å². The molecular weight excluding hydrogens is 384 g/mol. The normalized spacial score (nSPS) is 12.0. The summed E-state index contributed by atoms with van der Waals surface area (Å²) in [5.41, 5.74) is 1.49. The van der Waals surface area contributed by atoms with Crippen LogP contribution in [0.4, 0.5) is 14.5 Å². The number of hydrogen-bond acceptors (Lipinski definition) is 4. The van der Waals surface area contributed by atoms with Crippen molar-refractivity contribution in [1.29, 1.82) is 0 Å². The number of hydrogen-bond donors (Lipinski definition) is 1. The van der Waals surface area contributed by atoms with Gasteiger partial charge in [0.25, 0.3) is 0 Å². The maximum atomic E-state index is 14.2. The van der Waals surface area contributed by atoms with Gasteiger partial charge in [-0.15, -0.1) is 10.2 Å². The first-order valence-electron chi connectivity index (χ1n) is 8.46. The number of halogens is 3. The van der Waals surface area contributed by atoms with Crippen LogP contribution in [0.15, 0.2) is 77.2 Å². The van der Waals surface area contributed by atoms with E-state index in [4.69, 9.17) is 16.0 Å². The van der Waals surface area contributed by atoms with Gasteiger partial charge in [0.15, 0.2) is 0 Å². The van der Waals surface area contributed by atoms with E-state index < -0.39 is 17.7 Å². The first-order valence-corrected chi connectivity index (χ1v) is 8.84. The van der Waals surface area contributed by atoms with Crippen LogP contribution in [-0.4, -0.2) is 10.2 Å². The lowest BCUT2D eigenvalue weighted by Gasteiger charge is -2.17. The van der Waals surface area contributed by atoms with E-state index in [-0.39, 0.29) is 17.5 Å². The second-order valence-corrected chi connectivity index (χ2v) is 6.50. The maximum absolute atomic E-state index is 14.2. The van der Waals surface area contributed by atoms with Gasteiger partial charge in [0.2, 0.25) is 11.8 Å². The minimum Gasteiger partial charge on any atom is -0.418 e. The highest BCUT2D eigenvalue weighted by Crippen LogP contribution is 2.30. The fourth-order valence-electron chi connectivity index (χ4n) is 2.77. The molecule has 140 valence electrons. The monoisotopic (exact) mass is 397 g/mol. The number of nitrogens with one attached hydrogen (secondary N) is 1. The molecule has 0 aliphatic carbocycles. The van der Waals surface area contributed by atoms with E-state index in [1.165, 1.54) is 18.2 Å². The van der Waals surface area contributed by atoms with Crippen LogP contribution in [0.2, 0.25) is 5.02 Å². The molecule has 1 atom stereocenters. The van der Waals surface area contributed by atoms with Gasteiger partial charge in [0.05, 0.1) is 5.69 Å². The van der Waals surface area contributed by atoms with E-state index in [1.54, 1.807) is 54.6 Å². The third kappa shape index (κ3) is 3.87. The fourth-order valence-corrected chi connectivity index (χ4v) is 2.89. The van der Waals surface area contributed by atoms with Gasteiger partial charge in [-0.05, 0) is 48.0 Å². The lowest BCUT2D eigenvalue weighted by atomic mass is 10.1. The van der Waals surface area contributed by atoms with Crippen LogP contribution in [0.3, 0.4) is 0 Å². The van der Waals surface area contributed by atoms with Gasteiger partial charge in [-0.1, -0.05) is 41.9 Å². The summed E-state index contributed by atoms with van der Waals surface area (Å²) in [6.45, 7) is 0. The number of benzene rings is 3. The first-order chi connectivity index (χ1) is 13.6. The Morgan fingerprint density at radius 3 is 2.43 bits per heavy atom. The zero-order valence-corrected chi connectivity index (χ0v) is 15.2. The van der Waals surface area contributed by atoms with Gasteiger partial charge in [-0.2, -0.15) is 0 Å². The summed E-state index contributed by atoms with van der Waals surface area (Å²) >= 11 is 5.98. The third-order valence-corrected chi connectivity index (χ3v) is 4.39. The Labute approximate surface area is 164 Å². The van der Waals surface area contributed by atoms with Crippen molar-refractivity contribution < 1.29 is 13.2 Å². The van der Waals surface area contributed by atoms with Crippen LogP contribution < -0.4 is 5.32 Å². The van der Waals surface area contributed by atoms with Crippen molar-refractivity contribution in [3.8, 4) is 11.5 Å². The van der Waals surface area contributed by atoms with Crippen LogP contribution in [0.25, 0.3) is 11.5 Å². The molecule has 4 rings (SSSR count). The molecule has 0 fully saturated rings. The number of para-hydroxylation sites is 1. The molecule has 1 aromatic heterocycles. The smallest absolute Gasteiger partial charge is 0.247 e. The molecule has 4 aromatic rings. The first kappa shape index (κ1) is 18.1. The Balaban J connectivity index is 1.73. The molecule has 0 radical (unpaired) electrons. The Bertz CT molecular complexity index is 1100. The highest BCUT2D eigenvalue weighted by atomic mass is 35.5. The van der Waals surface area contributed by atoms with Crippen LogP contribution in [0.1, 0.15) is 17.5 Å². The van der Waals surface area contributed by atoms with Crippen molar-refractivity contribution in [2.75, 3.05) is 5.32 Å². The third-order valence-electron chi connectivity index (χ3n) is 4.14. The molecule has 28 heavy (non-hydrogen) atoms. The summed E-state index contributed by atoms with van der Waals surface area (Å²) in [5, 5.41) is 11.8. The van der Waals surface area contributed by atoms with E-state index in [0.29, 0.717) is 10.6 Å². The highest BCUT2D eigenvalue weighted by molar-refractivity contribution is 6.30. The van der Waals surface area contributed by atoms with E-state index in [1.807, 2.05) is 0 Å². The molecule has 0 bridgehead atoms. The van der Waals surface area contributed by atoms with E-state index in [2.05, 4.69) is 15.5 Å². The second-order valence-electron chi connectivity index (χ2n) is 6.06. The Morgan fingerprint density at radius 1 is 0.893 bits per heavy atom. The number of nitrogens with zero attached hydrogens (tertiary/aromatic N) is 2. The molecule has 1 N–H and O–H groups in total. The molecule has 0 unspecified atom stereocenters. The zero-order chi connectivity index (χ0) is 19.5. The molecule has 0 amide bonds. The molecule has 0 spiro atoms. The van der Waals surface area contributed by atoms with E-state index >= 15 is 0 Å². The molecule has 4 nitrogen and oxygen atoms in total. The molecule has 0 aliphatic heterocycles. The Morgan fingerprint density at radius 2 is 1.68 bits per heavy atom. The summed E-state index contributed by atoms with van der Waals surface area (Å²) < 4.78 is 33.4. The summed E-state index contributed by atoms with van der Waals surface area (Å²) in [7, 11) is 0. The lowest BCUT2D eigenvalue weighted by Crippen LogP contribution is -2.13. The molecule has 0 aliphatic rings. The fraction of sp³-hybridized carbons (Fsp3) is 0.0476. The van der Waals surface area contributed by atoms with Gasteiger partial charge >= 0.3 is 0 Å². The van der Waals surface area contributed by atoms with Gasteiger partial charge in [0, 0.05) is 10.6 Å². The predicted molar refractivity (Wildman–Crippen MR) is 103 cm³/mol. The number of rotatable bonds is 5. The Kier molecular flexibility index (Phi) is 5.04. The van der Waals surface area contributed by atoms with Gasteiger partial charge < -0.3 is 9.73 Å². The number of aromatic nitrogens is 2. The quantitative estimate of drug-likeness (QED) is 0.457. The summed E-state index contributed by atoms with van der Waals surface area (Å²) in [6, 6.07) is 18.5. The molecule has 0 saturated heterocycles. The SMILES string of the molecule is Fc1cccc(-c2nnc([C@@H](Nc3ccccc3F)c3ccc(Cl)cc3)o2)c1. The standard InChI is InChI=1S/C21H14ClF2N3O/c22-15-10-8-13(9-11-15)19(25-18-7-2-1-6-17(18)24)21-27-26-20(28-21)14-4-3-5-16(23)12-14/h1-12,19,25H/t19-/m0/s1. The van der Waals surface area contributed by atoms with Gasteiger partial charge in [-0.25, -0.2) is 8.78 Å². The highest BCUT2D eigenvalue weighted by Gasteiger charge is 2.22. The van der Waals surface area contributed by atoms with Crippen molar-refractivity contribution in [1.82, 2.24) is 10.2 Å². The molecule has 1 heterocycles. The van der Waals surface area contributed by atoms with E-state index in [9.17, 15) is 8.78 Å². The van der Waals surface area contributed by atoms with Crippen molar-refractivity contribution in [3.63, 3.8) is 0 Å². The van der Waals surface area contributed by atoms with E-state index in [0.717, 1.165) is 5.56 Å².